The topological polar surface area (TPSA) is 64.7 Å². The van der Waals surface area contributed by atoms with E-state index in [1.807, 2.05) is 54.7 Å². The van der Waals surface area contributed by atoms with Crippen LogP contribution in [-0.4, -0.2) is 43.6 Å². The van der Waals surface area contributed by atoms with E-state index >= 15 is 0 Å². The number of rotatable bonds is 5. The van der Waals surface area contributed by atoms with Crippen LogP contribution in [0.1, 0.15) is 0 Å². The van der Waals surface area contributed by atoms with E-state index in [9.17, 15) is 26.3 Å². The number of aromatic nitrogens is 6. The molecule has 0 saturated carbocycles. The van der Waals surface area contributed by atoms with Gasteiger partial charge in [0.1, 0.15) is 0 Å². The molecule has 7 nitrogen and oxygen atoms in total. The predicted molar refractivity (Wildman–Crippen MR) is 194 cm³/mol. The number of hydrogen-bond acceptors (Lipinski definition) is 6. The first-order valence-corrected chi connectivity index (χ1v) is 16.6. The second kappa shape index (κ2) is 22.3. The van der Waals surface area contributed by atoms with Crippen LogP contribution < -0.4 is 4.90 Å². The number of nitrogens with zero attached hydrogens (tertiary/aromatic N) is 7. The van der Waals surface area contributed by atoms with Gasteiger partial charge in [0.25, 0.3) is 0 Å². The second-order valence-corrected chi connectivity index (χ2v) is 11.8. The fraction of sp³-hybridized carbons (Fsp3) is 0.0500. The molecule has 0 aliphatic rings. The van der Waals surface area contributed by atoms with Crippen LogP contribution in [0.2, 0.25) is 0 Å². The summed E-state index contributed by atoms with van der Waals surface area (Å²) in [5, 5.41) is 9.60. The summed E-state index contributed by atoms with van der Waals surface area (Å²) in [6.07, 6.45) is 9.52. The zero-order valence-corrected chi connectivity index (χ0v) is 34.7. The molecule has 0 aliphatic carbocycles. The SMILES string of the molecule is CN(C)c1ccnc(-c2[c-]cc(F)cc2F)c1.Fc1c[c-]c(-n2cccn2)c(F)c1.Fc1c[c-]c(-n2cccn2)c(F)c1.[Ir].[Ir].[c-]1ccsc1-c1ccccn1. The number of benzene rings is 3. The summed E-state index contributed by atoms with van der Waals surface area (Å²) < 4.78 is 80.0. The van der Waals surface area contributed by atoms with Gasteiger partial charge in [0.15, 0.2) is 0 Å². The van der Waals surface area contributed by atoms with Gasteiger partial charge in [0.2, 0.25) is 0 Å². The molecule has 0 aliphatic heterocycles. The van der Waals surface area contributed by atoms with E-state index in [1.165, 1.54) is 21.8 Å². The van der Waals surface area contributed by atoms with Crippen molar-refractivity contribution in [1.29, 1.82) is 0 Å². The van der Waals surface area contributed by atoms with Crippen LogP contribution in [0.25, 0.3) is 33.2 Å². The van der Waals surface area contributed by atoms with E-state index in [-0.39, 0.29) is 57.1 Å². The first-order chi connectivity index (χ1) is 26.1. The third-order valence-electron chi connectivity index (χ3n) is 6.88. The zero-order valence-electron chi connectivity index (χ0n) is 29.1. The van der Waals surface area contributed by atoms with Crippen molar-refractivity contribution < 1.29 is 66.6 Å². The van der Waals surface area contributed by atoms with E-state index in [0.717, 1.165) is 52.7 Å². The summed E-state index contributed by atoms with van der Waals surface area (Å²) in [5.41, 5.74) is 2.75. The average molecular weight is 1140 g/mol. The fourth-order valence-corrected chi connectivity index (χ4v) is 5.03. The Morgan fingerprint density at radius 1 is 0.589 bits per heavy atom. The van der Waals surface area contributed by atoms with Crippen molar-refractivity contribution in [2.24, 2.45) is 0 Å². The quantitative estimate of drug-likeness (QED) is 0.127. The molecule has 0 fully saturated rings. The minimum Gasteiger partial charge on any atom is -0.378 e. The van der Waals surface area contributed by atoms with Gasteiger partial charge in [-0.05, 0) is 47.0 Å². The maximum Gasteiger partial charge on any atom is 0.0493 e. The van der Waals surface area contributed by atoms with Gasteiger partial charge in [-0.1, -0.05) is 34.7 Å². The van der Waals surface area contributed by atoms with Crippen LogP contribution >= 0.6 is 11.3 Å². The number of thiophene rings is 1. The summed E-state index contributed by atoms with van der Waals surface area (Å²) in [6.45, 7) is 0. The van der Waals surface area contributed by atoms with E-state index in [2.05, 4.69) is 44.4 Å². The summed E-state index contributed by atoms with van der Waals surface area (Å²) >= 11 is 1.66. The summed E-state index contributed by atoms with van der Waals surface area (Å²) in [7, 11) is 3.76. The van der Waals surface area contributed by atoms with E-state index in [4.69, 9.17) is 0 Å². The average Bonchev–Trinajstić information content (AvgIpc) is 3.99. The molecule has 0 N–H and O–H groups in total. The van der Waals surface area contributed by atoms with Crippen LogP contribution in [0.3, 0.4) is 0 Å². The van der Waals surface area contributed by atoms with Gasteiger partial charge in [-0.2, -0.15) is 34.5 Å². The Bertz CT molecular complexity index is 2270. The monoisotopic (exact) mass is 1140 g/mol. The van der Waals surface area contributed by atoms with Gasteiger partial charge in [-0.25, -0.2) is 11.3 Å². The molecule has 292 valence electrons. The van der Waals surface area contributed by atoms with Crippen LogP contribution in [0.4, 0.5) is 32.0 Å². The Kier molecular flexibility index (Phi) is 18.0. The molecule has 2 radical (unpaired) electrons. The predicted octanol–water partition coefficient (Wildman–Crippen LogP) is 9.40. The number of hydrogen-bond donors (Lipinski definition) is 0. The van der Waals surface area contributed by atoms with Crippen molar-refractivity contribution in [3.05, 3.63) is 187 Å². The first kappa shape index (κ1) is 45.2. The molecule has 0 spiro atoms. The molecule has 0 amide bonds. The number of anilines is 1. The molecular weight excluding hydrogens is 1110 g/mol. The smallest absolute Gasteiger partial charge is 0.0493 e. The summed E-state index contributed by atoms with van der Waals surface area (Å²) in [6, 6.07) is 30.9. The van der Waals surface area contributed by atoms with Crippen LogP contribution in [0.5, 0.6) is 0 Å². The fourth-order valence-electron chi connectivity index (χ4n) is 4.38. The minimum absolute atomic E-state index is 0. The molecular formula is C40H27F6Ir2N7S-4. The third kappa shape index (κ3) is 12.9. The largest absolute Gasteiger partial charge is 0.378 e. The van der Waals surface area contributed by atoms with Gasteiger partial charge < -0.3 is 14.9 Å². The maximum absolute atomic E-state index is 13.5. The molecule has 56 heavy (non-hydrogen) atoms. The zero-order chi connectivity index (χ0) is 38.5. The number of halogens is 6. The second-order valence-electron chi connectivity index (χ2n) is 10.9. The first-order valence-electron chi connectivity index (χ1n) is 15.7. The molecule has 3 aromatic carbocycles. The van der Waals surface area contributed by atoms with Gasteiger partial charge in [0.05, 0.1) is 0 Å². The van der Waals surface area contributed by atoms with Crippen molar-refractivity contribution in [2.75, 3.05) is 19.0 Å². The molecule has 8 rings (SSSR count). The Balaban J connectivity index is 0.000000200. The Hall–Kier alpha value is -5.24. The van der Waals surface area contributed by atoms with Crippen molar-refractivity contribution in [3.63, 3.8) is 0 Å². The molecule has 0 saturated heterocycles. The third-order valence-corrected chi connectivity index (χ3v) is 7.72. The minimum atomic E-state index is -0.677. The standard InChI is InChI=1S/C13H11F2N2.2C9H5F2N2.C9H6NS.2Ir/c1-17(2)10-5-6-16-13(8-10)11-4-3-9(14)7-12(11)15;2*10-7-2-3-9(8(11)6-7)13-5-1-4-12-13;1-2-6-10-8(4-1)9-5-3-7-11-9;;/h3,5-8H,1-2H3;2*1-2,4-6H;1-4,6-7H;;/q4*-1;;. The molecule has 0 bridgehead atoms. The van der Waals surface area contributed by atoms with Crippen molar-refractivity contribution >= 4 is 17.0 Å². The van der Waals surface area contributed by atoms with Gasteiger partial charge in [-0.3, -0.25) is 35.7 Å². The van der Waals surface area contributed by atoms with Crippen molar-refractivity contribution in [2.45, 2.75) is 0 Å². The molecule has 8 aromatic rings. The Morgan fingerprint density at radius 3 is 1.59 bits per heavy atom. The van der Waals surface area contributed by atoms with E-state index < -0.39 is 34.9 Å². The van der Waals surface area contributed by atoms with Gasteiger partial charge in [-0.15, -0.1) is 41.8 Å². The summed E-state index contributed by atoms with van der Waals surface area (Å²) in [4.78, 5) is 11.2. The van der Waals surface area contributed by atoms with E-state index in [0.29, 0.717) is 5.69 Å². The van der Waals surface area contributed by atoms with Gasteiger partial charge >= 0.3 is 0 Å². The Morgan fingerprint density at radius 2 is 1.14 bits per heavy atom. The molecule has 5 aromatic heterocycles. The maximum atomic E-state index is 13.5. The summed E-state index contributed by atoms with van der Waals surface area (Å²) in [5.74, 6) is -3.95. The van der Waals surface area contributed by atoms with Crippen LogP contribution in [-0.2, 0) is 40.2 Å². The molecule has 0 unspecified atom stereocenters. The van der Waals surface area contributed by atoms with Crippen molar-refractivity contribution in [1.82, 2.24) is 29.5 Å². The molecule has 16 heteroatoms. The van der Waals surface area contributed by atoms with Crippen LogP contribution in [0, 0.1) is 59.2 Å². The van der Waals surface area contributed by atoms with Crippen LogP contribution in [0.15, 0.2) is 127 Å². The molecule has 5 heterocycles. The normalized spacial score (nSPS) is 9.86. The van der Waals surface area contributed by atoms with Crippen molar-refractivity contribution in [3.8, 4) is 33.2 Å². The molecule has 0 atom stereocenters. The Labute approximate surface area is 350 Å². The van der Waals surface area contributed by atoms with E-state index in [1.54, 1.807) is 54.3 Å². The number of pyridine rings is 2. The van der Waals surface area contributed by atoms with Gasteiger partial charge in [0, 0.05) is 132 Å².